The average Bonchev–Trinajstić information content (AvgIpc) is 2.71. The van der Waals surface area contributed by atoms with Crippen molar-refractivity contribution >= 4 is 28.9 Å². The maximum absolute atomic E-state index is 12.5. The Labute approximate surface area is 182 Å². The number of aryl methyl sites for hydroxylation is 2. The predicted molar refractivity (Wildman–Crippen MR) is 126 cm³/mol. The van der Waals surface area contributed by atoms with Gasteiger partial charge in [0.1, 0.15) is 0 Å². The van der Waals surface area contributed by atoms with Crippen LogP contribution in [0.5, 0.6) is 0 Å². The molecule has 29 heavy (non-hydrogen) atoms. The molecule has 0 unspecified atom stereocenters. The smallest absolute Gasteiger partial charge is 0.238 e. The maximum Gasteiger partial charge on any atom is 0.238 e. The van der Waals surface area contributed by atoms with E-state index in [9.17, 15) is 4.79 Å². The molecule has 1 aliphatic rings. The number of amides is 1. The van der Waals surface area contributed by atoms with Crippen LogP contribution in [0.2, 0.25) is 0 Å². The van der Waals surface area contributed by atoms with Gasteiger partial charge in [0.15, 0.2) is 5.11 Å². The fourth-order valence-corrected chi connectivity index (χ4v) is 4.06. The Hall–Kier alpha value is -1.66. The summed E-state index contributed by atoms with van der Waals surface area (Å²) < 4.78 is 0. The second-order valence-electron chi connectivity index (χ2n) is 8.18. The van der Waals surface area contributed by atoms with E-state index in [0.717, 1.165) is 54.7 Å². The average molecular weight is 419 g/mol. The van der Waals surface area contributed by atoms with Crippen LogP contribution in [-0.2, 0) is 4.79 Å². The fourth-order valence-electron chi connectivity index (χ4n) is 3.79. The van der Waals surface area contributed by atoms with Gasteiger partial charge in [-0.15, -0.1) is 0 Å². The zero-order valence-electron chi connectivity index (χ0n) is 18.6. The number of unbranched alkanes of at least 4 members (excludes halogenated alkanes) is 1. The Balaban J connectivity index is 1.73. The van der Waals surface area contributed by atoms with Gasteiger partial charge in [0.25, 0.3) is 0 Å². The van der Waals surface area contributed by atoms with Crippen LogP contribution >= 0.6 is 12.2 Å². The highest BCUT2D eigenvalue weighted by atomic mass is 32.1. The van der Waals surface area contributed by atoms with Crippen LogP contribution in [0, 0.1) is 19.8 Å². The van der Waals surface area contributed by atoms with E-state index in [-0.39, 0.29) is 5.91 Å². The van der Waals surface area contributed by atoms with E-state index in [1.807, 2.05) is 32.0 Å². The van der Waals surface area contributed by atoms with Gasteiger partial charge in [-0.1, -0.05) is 51.3 Å². The molecule has 1 saturated heterocycles. The molecule has 1 fully saturated rings. The summed E-state index contributed by atoms with van der Waals surface area (Å²) in [6.07, 6.45) is 5.00. The Morgan fingerprint density at radius 2 is 1.79 bits per heavy atom. The first-order valence-corrected chi connectivity index (χ1v) is 11.5. The maximum atomic E-state index is 12.5. The summed E-state index contributed by atoms with van der Waals surface area (Å²) in [5.41, 5.74) is 3.14. The summed E-state index contributed by atoms with van der Waals surface area (Å²) in [4.78, 5) is 16.9. The van der Waals surface area contributed by atoms with Gasteiger partial charge in [0, 0.05) is 38.4 Å². The van der Waals surface area contributed by atoms with E-state index >= 15 is 0 Å². The second kappa shape index (κ2) is 12.1. The third-order valence-electron chi connectivity index (χ3n) is 5.86. The van der Waals surface area contributed by atoms with E-state index in [1.54, 1.807) is 0 Å². The van der Waals surface area contributed by atoms with Crippen molar-refractivity contribution in [2.45, 2.75) is 53.4 Å². The van der Waals surface area contributed by atoms with Crippen LogP contribution in [-0.4, -0.2) is 60.1 Å². The lowest BCUT2D eigenvalue weighted by molar-refractivity contribution is -0.117. The minimum Gasteiger partial charge on any atom is -0.362 e. The first-order chi connectivity index (χ1) is 13.9. The first kappa shape index (κ1) is 23.6. The molecule has 1 aliphatic heterocycles. The molecule has 6 heteroatoms. The Bertz CT molecular complexity index is 651. The van der Waals surface area contributed by atoms with Crippen molar-refractivity contribution in [2.24, 2.45) is 5.92 Å². The normalized spacial score (nSPS) is 15.8. The van der Waals surface area contributed by atoms with Gasteiger partial charge in [0.05, 0.1) is 6.54 Å². The van der Waals surface area contributed by atoms with Crippen molar-refractivity contribution < 1.29 is 4.79 Å². The molecule has 0 bridgehead atoms. The van der Waals surface area contributed by atoms with Gasteiger partial charge >= 0.3 is 0 Å². The number of anilines is 1. The van der Waals surface area contributed by atoms with Crippen molar-refractivity contribution in [3.05, 3.63) is 29.3 Å². The number of nitrogens with one attached hydrogen (secondary N) is 2. The third kappa shape index (κ3) is 7.59. The molecular formula is C23H38N4OS. The minimum absolute atomic E-state index is 0.0539. The van der Waals surface area contributed by atoms with Crippen molar-refractivity contribution in [2.75, 3.05) is 44.6 Å². The fraction of sp³-hybridized carbons (Fsp3) is 0.652. The van der Waals surface area contributed by atoms with Gasteiger partial charge < -0.3 is 15.5 Å². The molecule has 1 atom stereocenters. The molecule has 162 valence electrons. The quantitative estimate of drug-likeness (QED) is 0.595. The van der Waals surface area contributed by atoms with Crippen molar-refractivity contribution in [3.63, 3.8) is 0 Å². The van der Waals surface area contributed by atoms with Crippen LogP contribution < -0.4 is 10.6 Å². The molecule has 5 nitrogen and oxygen atoms in total. The topological polar surface area (TPSA) is 47.6 Å². The molecule has 1 aromatic carbocycles. The molecule has 2 rings (SSSR count). The zero-order valence-corrected chi connectivity index (χ0v) is 19.4. The van der Waals surface area contributed by atoms with E-state index in [0.29, 0.717) is 12.5 Å². The summed E-state index contributed by atoms with van der Waals surface area (Å²) in [6.45, 7) is 13.4. The summed E-state index contributed by atoms with van der Waals surface area (Å²) in [5.74, 6) is 0.751. The number of piperazine rings is 1. The number of hydrogen-bond donors (Lipinski definition) is 2. The summed E-state index contributed by atoms with van der Waals surface area (Å²) in [6, 6.07) is 6.07. The Morgan fingerprint density at radius 1 is 1.14 bits per heavy atom. The summed E-state index contributed by atoms with van der Waals surface area (Å²) in [5, 5.41) is 7.42. The number of para-hydroxylation sites is 1. The zero-order chi connectivity index (χ0) is 21.2. The monoisotopic (exact) mass is 418 g/mol. The van der Waals surface area contributed by atoms with Crippen LogP contribution in [0.1, 0.15) is 50.7 Å². The molecule has 1 aromatic rings. The van der Waals surface area contributed by atoms with E-state index in [4.69, 9.17) is 12.2 Å². The molecule has 2 N–H and O–H groups in total. The lowest BCUT2D eigenvalue weighted by Crippen LogP contribution is -2.53. The molecule has 0 aromatic heterocycles. The first-order valence-electron chi connectivity index (χ1n) is 11.1. The molecule has 0 radical (unpaired) electrons. The lowest BCUT2D eigenvalue weighted by atomic mass is 9.99. The number of carbonyl (C=O) groups excluding carboxylic acids is 1. The number of benzene rings is 1. The highest BCUT2D eigenvalue weighted by Crippen LogP contribution is 2.19. The van der Waals surface area contributed by atoms with Gasteiger partial charge in [-0.05, 0) is 49.5 Å². The highest BCUT2D eigenvalue weighted by Gasteiger charge is 2.21. The van der Waals surface area contributed by atoms with Crippen molar-refractivity contribution in [1.82, 2.24) is 15.1 Å². The molecule has 0 aliphatic carbocycles. The molecule has 1 heterocycles. The molecule has 1 amide bonds. The minimum atomic E-state index is 0.0539. The van der Waals surface area contributed by atoms with Gasteiger partial charge in [-0.25, -0.2) is 0 Å². The highest BCUT2D eigenvalue weighted by molar-refractivity contribution is 7.80. The van der Waals surface area contributed by atoms with Gasteiger partial charge in [-0.3, -0.25) is 9.69 Å². The predicted octanol–water partition coefficient (Wildman–Crippen LogP) is 3.95. The van der Waals surface area contributed by atoms with E-state index < -0.39 is 0 Å². The second-order valence-corrected chi connectivity index (χ2v) is 8.57. The Morgan fingerprint density at radius 3 is 2.38 bits per heavy atom. The lowest BCUT2D eigenvalue weighted by Gasteiger charge is -2.36. The van der Waals surface area contributed by atoms with Crippen LogP contribution in [0.25, 0.3) is 0 Å². The van der Waals surface area contributed by atoms with Gasteiger partial charge in [0.2, 0.25) is 5.91 Å². The summed E-state index contributed by atoms with van der Waals surface area (Å²) >= 11 is 5.61. The van der Waals surface area contributed by atoms with Crippen LogP contribution in [0.4, 0.5) is 5.69 Å². The largest absolute Gasteiger partial charge is 0.362 e. The number of carbonyl (C=O) groups is 1. The number of hydrogen-bond acceptors (Lipinski definition) is 3. The Kier molecular flexibility index (Phi) is 9.88. The number of nitrogens with zero attached hydrogens (tertiary/aromatic N) is 2. The molecular weight excluding hydrogens is 380 g/mol. The molecule has 0 saturated carbocycles. The molecule has 0 spiro atoms. The summed E-state index contributed by atoms with van der Waals surface area (Å²) in [7, 11) is 0. The number of thiocarbonyl (C=S) groups is 1. The SMILES string of the molecule is CCCC[C@@H](CC)CNC(=S)N1CCN(CC(=O)Nc2c(C)cccc2C)CC1. The van der Waals surface area contributed by atoms with Crippen LogP contribution in [0.3, 0.4) is 0 Å². The van der Waals surface area contributed by atoms with E-state index in [1.165, 1.54) is 25.7 Å². The van der Waals surface area contributed by atoms with E-state index in [2.05, 4.69) is 34.3 Å². The van der Waals surface area contributed by atoms with Crippen LogP contribution in [0.15, 0.2) is 18.2 Å². The van der Waals surface area contributed by atoms with Crippen molar-refractivity contribution in [1.29, 1.82) is 0 Å². The third-order valence-corrected chi connectivity index (χ3v) is 6.26. The standard InChI is InChI=1S/C23H38N4OS/c1-5-7-11-20(6-2)16-24-23(29)27-14-12-26(13-15-27)17-21(28)25-22-18(3)9-8-10-19(22)4/h8-10,20H,5-7,11-17H2,1-4H3,(H,24,29)(H,25,28)/t20-/m1/s1. The van der Waals surface area contributed by atoms with Crippen molar-refractivity contribution in [3.8, 4) is 0 Å². The van der Waals surface area contributed by atoms with Gasteiger partial charge in [-0.2, -0.15) is 0 Å². The number of rotatable bonds is 9.